The van der Waals surface area contributed by atoms with E-state index in [-0.39, 0.29) is 38.0 Å². The van der Waals surface area contributed by atoms with Crippen molar-refractivity contribution in [1.29, 1.82) is 0 Å². The second-order valence-electron chi connectivity index (χ2n) is 15.8. The summed E-state index contributed by atoms with van der Waals surface area (Å²) in [6, 6.07) is 0. The summed E-state index contributed by atoms with van der Waals surface area (Å²) >= 11 is 0. The summed E-state index contributed by atoms with van der Waals surface area (Å²) in [6.07, 6.45) is 77.6. The maximum atomic E-state index is 12.8. The SMILES string of the molecule is CC\C=C/C=C\C=C/C=C\C=C\C=C/C=C\CCCCCC(=O)OCC(COC(=O)CCCCCCC/C=C\C/C=C\CC)OC(=O)CCC/C=C\C/C=C\C/C=C\C/C=C\C/C=C\CC. The van der Waals surface area contributed by atoms with Crippen molar-refractivity contribution in [3.05, 3.63) is 170 Å². The average molecular weight is 905 g/mol. The van der Waals surface area contributed by atoms with Crippen LogP contribution in [0.15, 0.2) is 170 Å². The van der Waals surface area contributed by atoms with Crippen molar-refractivity contribution in [2.75, 3.05) is 13.2 Å². The number of allylic oxidation sites excluding steroid dienone is 28. The third-order valence-electron chi connectivity index (χ3n) is 9.64. The summed E-state index contributed by atoms with van der Waals surface area (Å²) in [7, 11) is 0. The summed E-state index contributed by atoms with van der Waals surface area (Å²) in [5, 5.41) is 0. The van der Waals surface area contributed by atoms with Crippen molar-refractivity contribution in [3.63, 3.8) is 0 Å². The summed E-state index contributed by atoms with van der Waals surface area (Å²) in [5.74, 6) is -1.07. The van der Waals surface area contributed by atoms with Crippen LogP contribution in [0.3, 0.4) is 0 Å². The number of esters is 3. The van der Waals surface area contributed by atoms with E-state index in [1.54, 1.807) is 0 Å². The molecule has 6 nitrogen and oxygen atoms in total. The molecular weight excluding hydrogens is 817 g/mol. The average Bonchev–Trinajstić information content (AvgIpc) is 3.31. The third-order valence-corrected chi connectivity index (χ3v) is 9.64. The molecule has 0 aliphatic heterocycles. The third kappa shape index (κ3) is 49.8. The Bertz CT molecular complexity index is 1600. The van der Waals surface area contributed by atoms with E-state index in [2.05, 4.69) is 118 Å². The topological polar surface area (TPSA) is 78.9 Å². The van der Waals surface area contributed by atoms with Gasteiger partial charge in [0.05, 0.1) is 0 Å². The molecule has 0 aliphatic rings. The van der Waals surface area contributed by atoms with Gasteiger partial charge in [-0.15, -0.1) is 0 Å². The molecule has 0 saturated heterocycles. The number of unbranched alkanes of at least 4 members (excludes halogenated alkanes) is 9. The summed E-state index contributed by atoms with van der Waals surface area (Å²) in [4.78, 5) is 38.0. The highest BCUT2D eigenvalue weighted by molar-refractivity contribution is 5.71. The van der Waals surface area contributed by atoms with Crippen molar-refractivity contribution in [1.82, 2.24) is 0 Å². The van der Waals surface area contributed by atoms with Crippen LogP contribution in [0.2, 0.25) is 0 Å². The van der Waals surface area contributed by atoms with Crippen LogP contribution in [-0.4, -0.2) is 37.2 Å². The Kier molecular flexibility index (Phi) is 48.2. The Morgan fingerprint density at radius 3 is 1.09 bits per heavy atom. The predicted molar refractivity (Wildman–Crippen MR) is 283 cm³/mol. The Hall–Kier alpha value is -5.23. The van der Waals surface area contributed by atoms with Gasteiger partial charge in [-0.2, -0.15) is 0 Å². The van der Waals surface area contributed by atoms with Gasteiger partial charge in [0.25, 0.3) is 0 Å². The number of rotatable bonds is 42. The van der Waals surface area contributed by atoms with E-state index in [0.717, 1.165) is 116 Å². The number of hydrogen-bond acceptors (Lipinski definition) is 6. The van der Waals surface area contributed by atoms with E-state index >= 15 is 0 Å². The monoisotopic (exact) mass is 905 g/mol. The van der Waals surface area contributed by atoms with Crippen LogP contribution < -0.4 is 0 Å². The van der Waals surface area contributed by atoms with E-state index in [1.165, 1.54) is 0 Å². The number of carbonyl (C=O) groups excluding carboxylic acids is 3. The van der Waals surface area contributed by atoms with Gasteiger partial charge in [0.1, 0.15) is 13.2 Å². The van der Waals surface area contributed by atoms with Gasteiger partial charge in [-0.3, -0.25) is 14.4 Å². The minimum absolute atomic E-state index is 0.133. The molecule has 0 rings (SSSR count). The quantitative estimate of drug-likeness (QED) is 0.0200. The molecule has 0 heterocycles. The first-order chi connectivity index (χ1) is 32.5. The molecule has 364 valence electrons. The molecule has 0 bridgehead atoms. The molecule has 0 amide bonds. The lowest BCUT2D eigenvalue weighted by Crippen LogP contribution is -2.30. The van der Waals surface area contributed by atoms with Crippen LogP contribution in [0.5, 0.6) is 0 Å². The van der Waals surface area contributed by atoms with Gasteiger partial charge in [0.15, 0.2) is 6.10 Å². The molecule has 0 aliphatic carbocycles. The van der Waals surface area contributed by atoms with Gasteiger partial charge in [0, 0.05) is 19.3 Å². The fourth-order valence-corrected chi connectivity index (χ4v) is 5.97. The maximum absolute atomic E-state index is 12.8. The molecule has 0 radical (unpaired) electrons. The van der Waals surface area contributed by atoms with Gasteiger partial charge in [-0.25, -0.2) is 0 Å². The molecule has 0 N–H and O–H groups in total. The standard InChI is InChI=1S/C60H88O6/c1-4-7-10-13-16-19-22-25-27-29-30-32-33-35-38-41-44-47-50-53-59(62)65-56-57(55-64-58(61)52-49-46-43-40-37-24-21-18-15-12-9-6-3)66-60(63)54-51-48-45-42-39-36-34-31-28-26-23-20-17-14-11-8-5-2/h7-13,16-22,25-30,32-36,38,42,45,57H,4-6,14-15,23-24,31,37,39-41,43-44,46-56H2,1-3H3/b10-7-,11-8-,12-9-,16-13-,20-17-,21-18-,22-19-,27-25-,28-26-,30-29+,33-32-,36-34-,38-35-,45-42-. The molecule has 0 spiro atoms. The fraction of sp³-hybridized carbons (Fsp3) is 0.483. The normalized spacial score (nSPS) is 13.6. The van der Waals surface area contributed by atoms with Crippen molar-refractivity contribution < 1.29 is 28.6 Å². The maximum Gasteiger partial charge on any atom is 0.306 e. The molecular formula is C60H88O6. The summed E-state index contributed by atoms with van der Waals surface area (Å²) < 4.78 is 16.7. The molecule has 0 aromatic heterocycles. The van der Waals surface area contributed by atoms with Crippen LogP contribution in [0.1, 0.15) is 168 Å². The number of ether oxygens (including phenoxy) is 3. The van der Waals surface area contributed by atoms with E-state index in [0.29, 0.717) is 19.3 Å². The lowest BCUT2D eigenvalue weighted by Gasteiger charge is -2.18. The van der Waals surface area contributed by atoms with E-state index < -0.39 is 12.1 Å². The van der Waals surface area contributed by atoms with E-state index in [9.17, 15) is 14.4 Å². The highest BCUT2D eigenvalue weighted by Gasteiger charge is 2.19. The molecule has 0 fully saturated rings. The van der Waals surface area contributed by atoms with Crippen molar-refractivity contribution in [3.8, 4) is 0 Å². The highest BCUT2D eigenvalue weighted by Crippen LogP contribution is 2.11. The second-order valence-corrected chi connectivity index (χ2v) is 15.8. The first-order valence-corrected chi connectivity index (χ1v) is 25.2. The van der Waals surface area contributed by atoms with Crippen molar-refractivity contribution in [2.24, 2.45) is 0 Å². The van der Waals surface area contributed by atoms with Gasteiger partial charge < -0.3 is 14.2 Å². The first kappa shape index (κ1) is 60.8. The first-order valence-electron chi connectivity index (χ1n) is 25.2. The molecule has 66 heavy (non-hydrogen) atoms. The molecule has 6 heteroatoms. The fourth-order valence-electron chi connectivity index (χ4n) is 5.97. The zero-order chi connectivity index (χ0) is 47.9. The van der Waals surface area contributed by atoms with Gasteiger partial charge >= 0.3 is 17.9 Å². The lowest BCUT2D eigenvalue weighted by atomic mass is 10.1. The molecule has 0 aromatic carbocycles. The zero-order valence-corrected chi connectivity index (χ0v) is 41.4. The minimum Gasteiger partial charge on any atom is -0.462 e. The number of hydrogen-bond donors (Lipinski definition) is 0. The van der Waals surface area contributed by atoms with Crippen LogP contribution >= 0.6 is 0 Å². The van der Waals surface area contributed by atoms with Crippen molar-refractivity contribution >= 4 is 17.9 Å². The molecule has 0 saturated carbocycles. The largest absolute Gasteiger partial charge is 0.462 e. The highest BCUT2D eigenvalue weighted by atomic mass is 16.6. The molecule has 0 aromatic rings. The summed E-state index contributed by atoms with van der Waals surface area (Å²) in [5.41, 5.74) is 0. The summed E-state index contributed by atoms with van der Waals surface area (Å²) in [6.45, 7) is 6.13. The van der Waals surface area contributed by atoms with Crippen LogP contribution in [0, 0.1) is 0 Å². The second kappa shape index (κ2) is 52.4. The van der Waals surface area contributed by atoms with E-state index in [4.69, 9.17) is 14.2 Å². The van der Waals surface area contributed by atoms with Crippen LogP contribution in [0.25, 0.3) is 0 Å². The van der Waals surface area contributed by atoms with Crippen LogP contribution in [0.4, 0.5) is 0 Å². The smallest absolute Gasteiger partial charge is 0.306 e. The van der Waals surface area contributed by atoms with Gasteiger partial charge in [-0.1, -0.05) is 217 Å². The minimum atomic E-state index is -0.842. The zero-order valence-electron chi connectivity index (χ0n) is 41.4. The predicted octanol–water partition coefficient (Wildman–Crippen LogP) is 16.8. The van der Waals surface area contributed by atoms with Gasteiger partial charge in [0.2, 0.25) is 0 Å². The van der Waals surface area contributed by atoms with Crippen LogP contribution in [-0.2, 0) is 28.6 Å². The van der Waals surface area contributed by atoms with Crippen molar-refractivity contribution in [2.45, 2.75) is 175 Å². The van der Waals surface area contributed by atoms with E-state index in [1.807, 2.05) is 72.9 Å². The molecule has 1 unspecified atom stereocenters. The Morgan fingerprint density at radius 1 is 0.318 bits per heavy atom. The molecule has 1 atom stereocenters. The Morgan fingerprint density at radius 2 is 0.636 bits per heavy atom. The van der Waals surface area contributed by atoms with Gasteiger partial charge in [-0.05, 0) is 103 Å². The lowest BCUT2D eigenvalue weighted by molar-refractivity contribution is -0.167. The Balaban J connectivity index is 4.64. The number of carbonyl (C=O) groups is 3. The Labute approximate surface area is 402 Å².